The second-order valence-corrected chi connectivity index (χ2v) is 10.5. The highest BCUT2D eigenvalue weighted by Gasteiger charge is 2.36. The molecule has 2 fully saturated rings. The van der Waals surface area contributed by atoms with E-state index in [0.29, 0.717) is 24.8 Å². The van der Waals surface area contributed by atoms with Gasteiger partial charge in [0.15, 0.2) is 6.61 Å². The van der Waals surface area contributed by atoms with Crippen LogP contribution in [0, 0.1) is 11.8 Å². The molecular formula is C30H35N3O5. The number of rotatable bonds is 8. The topological polar surface area (TPSA) is 97.3 Å². The van der Waals surface area contributed by atoms with Gasteiger partial charge in [0, 0.05) is 11.6 Å². The molecule has 1 heterocycles. The molecule has 1 N–H and O–H groups in total. The van der Waals surface area contributed by atoms with Crippen molar-refractivity contribution in [2.75, 3.05) is 13.7 Å². The largest absolute Gasteiger partial charge is 0.469 e. The Kier molecular flexibility index (Phi) is 8.05. The standard InChI is InChI=1S/C30H35N3O5/c1-37-30(36)24-15-16-25(17-24)31-28(35)27(21-7-5-6-8-21)22-13-11-20(12-14-22)18-33-26(34)19-38-29(32-33)23-9-3-2-4-10-23/h2-4,9-14,21,24-25,27H,5-8,15-19H2,1H3,(H,31,35)/t24-,25+,27?/m0/s1. The second kappa shape index (κ2) is 11.8. The highest BCUT2D eigenvalue weighted by atomic mass is 16.5. The van der Waals surface area contributed by atoms with E-state index in [1.165, 1.54) is 12.1 Å². The number of benzene rings is 2. The number of ether oxygens (including phenoxy) is 2. The molecule has 8 nitrogen and oxygen atoms in total. The predicted octanol–water partition coefficient (Wildman–Crippen LogP) is 4.14. The molecule has 0 saturated heterocycles. The minimum atomic E-state index is -0.226. The predicted molar refractivity (Wildman–Crippen MR) is 142 cm³/mol. The van der Waals surface area contributed by atoms with Crippen LogP contribution in [0.4, 0.5) is 0 Å². The first-order valence-corrected chi connectivity index (χ1v) is 13.6. The van der Waals surface area contributed by atoms with Gasteiger partial charge >= 0.3 is 5.97 Å². The molecule has 3 aliphatic rings. The number of carbonyl (C=O) groups excluding carboxylic acids is 3. The van der Waals surface area contributed by atoms with Crippen molar-refractivity contribution in [3.05, 3.63) is 71.3 Å². The fourth-order valence-corrected chi connectivity index (χ4v) is 5.96. The van der Waals surface area contributed by atoms with Crippen molar-refractivity contribution in [2.24, 2.45) is 16.9 Å². The van der Waals surface area contributed by atoms with Crippen molar-refractivity contribution in [3.63, 3.8) is 0 Å². The molecule has 5 rings (SSSR count). The van der Waals surface area contributed by atoms with Gasteiger partial charge in [-0.1, -0.05) is 55.3 Å². The molecule has 0 aromatic heterocycles. The summed E-state index contributed by atoms with van der Waals surface area (Å²) in [5.41, 5.74) is 2.75. The quantitative estimate of drug-likeness (QED) is 0.531. The Hall–Kier alpha value is -3.68. The number of nitrogens with one attached hydrogen (secondary N) is 1. The summed E-state index contributed by atoms with van der Waals surface area (Å²) >= 11 is 0. The van der Waals surface area contributed by atoms with Crippen LogP contribution in [0.15, 0.2) is 59.7 Å². The number of nitrogens with zero attached hydrogens (tertiary/aromatic N) is 2. The fourth-order valence-electron chi connectivity index (χ4n) is 5.96. The van der Waals surface area contributed by atoms with Crippen LogP contribution in [-0.2, 0) is 30.4 Å². The highest BCUT2D eigenvalue weighted by molar-refractivity contribution is 5.97. The van der Waals surface area contributed by atoms with Crippen LogP contribution in [0.1, 0.15) is 67.6 Å². The summed E-state index contributed by atoms with van der Waals surface area (Å²) < 4.78 is 10.4. The fraction of sp³-hybridized carbons (Fsp3) is 0.467. The second-order valence-electron chi connectivity index (χ2n) is 10.5. The van der Waals surface area contributed by atoms with Crippen molar-refractivity contribution in [2.45, 2.75) is 63.5 Å². The molecule has 38 heavy (non-hydrogen) atoms. The van der Waals surface area contributed by atoms with Gasteiger partial charge in [0.1, 0.15) is 0 Å². The van der Waals surface area contributed by atoms with E-state index in [-0.39, 0.29) is 42.3 Å². The molecule has 0 spiro atoms. The van der Waals surface area contributed by atoms with E-state index in [1.807, 2.05) is 54.6 Å². The third-order valence-electron chi connectivity index (χ3n) is 7.99. The molecule has 2 saturated carbocycles. The first-order chi connectivity index (χ1) is 18.5. The van der Waals surface area contributed by atoms with Crippen molar-refractivity contribution in [1.29, 1.82) is 0 Å². The molecule has 2 amide bonds. The van der Waals surface area contributed by atoms with Crippen molar-refractivity contribution in [3.8, 4) is 0 Å². The van der Waals surface area contributed by atoms with Crippen LogP contribution in [0.3, 0.4) is 0 Å². The zero-order chi connectivity index (χ0) is 26.5. The average Bonchev–Trinajstić information content (AvgIpc) is 3.64. The molecule has 1 unspecified atom stereocenters. The minimum Gasteiger partial charge on any atom is -0.469 e. The lowest BCUT2D eigenvalue weighted by molar-refractivity contribution is -0.145. The summed E-state index contributed by atoms with van der Waals surface area (Å²) in [7, 11) is 1.41. The first kappa shape index (κ1) is 25.9. The van der Waals surface area contributed by atoms with E-state index in [4.69, 9.17) is 9.47 Å². The summed E-state index contributed by atoms with van der Waals surface area (Å²) in [6, 6.07) is 17.5. The highest BCUT2D eigenvalue weighted by Crippen LogP contribution is 2.38. The lowest BCUT2D eigenvalue weighted by Crippen LogP contribution is -2.39. The molecule has 2 aromatic rings. The van der Waals surface area contributed by atoms with Crippen molar-refractivity contribution < 1.29 is 23.9 Å². The van der Waals surface area contributed by atoms with Gasteiger partial charge in [-0.3, -0.25) is 14.4 Å². The molecule has 1 aliphatic heterocycles. The molecule has 8 heteroatoms. The number of methoxy groups -OCH3 is 1. The van der Waals surface area contributed by atoms with Crippen LogP contribution in [0.25, 0.3) is 0 Å². The molecule has 2 aliphatic carbocycles. The van der Waals surface area contributed by atoms with Gasteiger partial charge in [-0.25, -0.2) is 5.01 Å². The summed E-state index contributed by atoms with van der Waals surface area (Å²) in [6.07, 6.45) is 6.52. The van der Waals surface area contributed by atoms with E-state index >= 15 is 0 Å². The number of hydrogen-bond donors (Lipinski definition) is 1. The van der Waals surface area contributed by atoms with Gasteiger partial charge in [0.25, 0.3) is 5.91 Å². The van der Waals surface area contributed by atoms with Gasteiger partial charge in [-0.2, -0.15) is 0 Å². The Morgan fingerprint density at radius 3 is 2.50 bits per heavy atom. The monoisotopic (exact) mass is 517 g/mol. The number of amides is 2. The molecule has 0 bridgehead atoms. The lowest BCUT2D eigenvalue weighted by atomic mass is 9.83. The zero-order valence-corrected chi connectivity index (χ0v) is 21.8. The molecule has 2 aromatic carbocycles. The summed E-state index contributed by atoms with van der Waals surface area (Å²) in [6.45, 7) is 0.282. The van der Waals surface area contributed by atoms with Crippen molar-refractivity contribution in [1.82, 2.24) is 10.3 Å². The van der Waals surface area contributed by atoms with Crippen LogP contribution in [0.2, 0.25) is 0 Å². The number of hydrogen-bond acceptors (Lipinski definition) is 6. The number of hydrazone groups is 1. The van der Waals surface area contributed by atoms with E-state index in [1.54, 1.807) is 0 Å². The van der Waals surface area contributed by atoms with E-state index in [9.17, 15) is 14.4 Å². The zero-order valence-electron chi connectivity index (χ0n) is 21.8. The Morgan fingerprint density at radius 1 is 1.05 bits per heavy atom. The average molecular weight is 518 g/mol. The normalized spacial score (nSPS) is 22.5. The maximum absolute atomic E-state index is 13.5. The van der Waals surface area contributed by atoms with Crippen LogP contribution in [-0.4, -0.2) is 48.4 Å². The Bertz CT molecular complexity index is 1170. The first-order valence-electron chi connectivity index (χ1n) is 13.6. The van der Waals surface area contributed by atoms with E-state index in [2.05, 4.69) is 10.4 Å². The molecule has 200 valence electrons. The molecular weight excluding hydrogens is 482 g/mol. The van der Waals surface area contributed by atoms with Gasteiger partial charge in [-0.15, -0.1) is 5.10 Å². The van der Waals surface area contributed by atoms with Crippen LogP contribution in [0.5, 0.6) is 0 Å². The van der Waals surface area contributed by atoms with Crippen LogP contribution >= 0.6 is 0 Å². The summed E-state index contributed by atoms with van der Waals surface area (Å²) in [4.78, 5) is 37.9. The third kappa shape index (κ3) is 5.90. The van der Waals surface area contributed by atoms with E-state index in [0.717, 1.165) is 55.2 Å². The van der Waals surface area contributed by atoms with Gasteiger partial charge in [0.2, 0.25) is 11.8 Å². The Balaban J connectivity index is 1.28. The molecule has 3 atom stereocenters. The number of esters is 1. The van der Waals surface area contributed by atoms with Gasteiger partial charge < -0.3 is 14.8 Å². The van der Waals surface area contributed by atoms with Gasteiger partial charge in [0.05, 0.1) is 25.5 Å². The summed E-state index contributed by atoms with van der Waals surface area (Å²) in [5, 5.41) is 9.12. The smallest absolute Gasteiger partial charge is 0.308 e. The molecule has 0 radical (unpaired) electrons. The van der Waals surface area contributed by atoms with E-state index < -0.39 is 0 Å². The van der Waals surface area contributed by atoms with Gasteiger partial charge in [-0.05, 0) is 61.3 Å². The maximum Gasteiger partial charge on any atom is 0.308 e. The SMILES string of the molecule is COC(=O)[C@H]1CC[C@@H](NC(=O)C(c2ccc(CN3N=C(c4ccccc4)OCC3=O)cc2)C2CCCC2)C1. The maximum atomic E-state index is 13.5. The Morgan fingerprint density at radius 2 is 1.79 bits per heavy atom. The lowest BCUT2D eigenvalue weighted by Gasteiger charge is -2.26. The van der Waals surface area contributed by atoms with Crippen molar-refractivity contribution >= 4 is 23.7 Å². The number of carbonyl (C=O) groups is 3. The minimum absolute atomic E-state index is 0.00113. The van der Waals surface area contributed by atoms with Crippen LogP contribution < -0.4 is 5.32 Å². The Labute approximate surface area is 223 Å². The summed E-state index contributed by atoms with van der Waals surface area (Å²) in [5.74, 6) is 0.0284. The third-order valence-corrected chi connectivity index (χ3v) is 7.99.